The van der Waals surface area contributed by atoms with Crippen molar-refractivity contribution >= 4 is 35.2 Å². The van der Waals surface area contributed by atoms with Gasteiger partial charge in [0.05, 0.1) is 13.7 Å². The third-order valence-electron chi connectivity index (χ3n) is 3.71. The van der Waals surface area contributed by atoms with Gasteiger partial charge in [-0.3, -0.25) is 19.8 Å². The van der Waals surface area contributed by atoms with Gasteiger partial charge in [-0.05, 0) is 42.4 Å². The maximum absolute atomic E-state index is 12.0. The van der Waals surface area contributed by atoms with E-state index >= 15 is 0 Å². The van der Waals surface area contributed by atoms with Gasteiger partial charge in [0.25, 0.3) is 5.91 Å². The number of thiocarbonyl (C=S) groups is 1. The average molecular weight is 362 g/mol. The molecule has 134 valence electrons. The molecule has 1 fully saturated rings. The fourth-order valence-corrected chi connectivity index (χ4v) is 2.78. The summed E-state index contributed by atoms with van der Waals surface area (Å²) in [4.78, 5) is 24.9. The highest BCUT2D eigenvalue weighted by atomic mass is 32.1. The van der Waals surface area contributed by atoms with E-state index in [1.165, 1.54) is 11.8 Å². The zero-order chi connectivity index (χ0) is 18.4. The highest BCUT2D eigenvalue weighted by Gasteiger charge is 2.32. The Morgan fingerprint density at radius 3 is 2.72 bits per heavy atom. The van der Waals surface area contributed by atoms with Crippen molar-refractivity contribution in [2.24, 2.45) is 0 Å². The van der Waals surface area contributed by atoms with E-state index in [1.54, 1.807) is 31.4 Å². The summed E-state index contributed by atoms with van der Waals surface area (Å²) in [6.07, 6.45) is 4.82. The summed E-state index contributed by atoms with van der Waals surface area (Å²) in [6.45, 7) is 4.12. The number of unbranched alkanes of at least 4 members (excludes halogenated alkanes) is 2. The lowest BCUT2D eigenvalue weighted by Crippen LogP contribution is -2.31. The van der Waals surface area contributed by atoms with Crippen molar-refractivity contribution in [2.75, 3.05) is 13.7 Å². The van der Waals surface area contributed by atoms with Gasteiger partial charge in [-0.2, -0.15) is 0 Å². The Labute approximate surface area is 152 Å². The van der Waals surface area contributed by atoms with Gasteiger partial charge in [-0.1, -0.05) is 25.8 Å². The van der Waals surface area contributed by atoms with Crippen LogP contribution in [0, 0.1) is 0 Å². The molecule has 1 saturated heterocycles. The molecule has 0 unspecified atom stereocenters. The van der Waals surface area contributed by atoms with E-state index in [9.17, 15) is 9.59 Å². The number of rotatable bonds is 7. The molecule has 0 saturated carbocycles. The molecule has 1 aromatic rings. The zero-order valence-electron chi connectivity index (χ0n) is 14.6. The van der Waals surface area contributed by atoms with Crippen LogP contribution in [0.5, 0.6) is 11.5 Å². The Kier molecular flexibility index (Phi) is 6.52. The maximum Gasteiger partial charge on any atom is 0.274 e. The Bertz CT molecular complexity index is 715. The number of amides is 2. The second-order valence-corrected chi connectivity index (χ2v) is 6.00. The van der Waals surface area contributed by atoms with Crippen LogP contribution in [0.2, 0.25) is 0 Å². The summed E-state index contributed by atoms with van der Waals surface area (Å²) in [5, 5.41) is 2.56. The minimum absolute atomic E-state index is 0.0894. The van der Waals surface area contributed by atoms with Crippen molar-refractivity contribution in [1.82, 2.24) is 10.2 Å². The molecule has 0 bridgehead atoms. The van der Waals surface area contributed by atoms with E-state index in [4.69, 9.17) is 21.7 Å². The molecule has 25 heavy (non-hydrogen) atoms. The number of carbonyl (C=O) groups is 2. The van der Waals surface area contributed by atoms with E-state index < -0.39 is 5.91 Å². The SMILES string of the molecule is CCCCCOc1ccc(/C=C2\C(=O)NC(=S)N2C(C)=O)cc1OC. The van der Waals surface area contributed by atoms with Gasteiger partial charge in [0.2, 0.25) is 5.91 Å². The molecule has 0 aliphatic carbocycles. The number of methoxy groups -OCH3 is 1. The fraction of sp³-hybridized carbons (Fsp3) is 0.389. The minimum atomic E-state index is -0.404. The quantitative estimate of drug-likeness (QED) is 0.459. The molecule has 0 radical (unpaired) electrons. The van der Waals surface area contributed by atoms with E-state index in [0.29, 0.717) is 23.7 Å². The summed E-state index contributed by atoms with van der Waals surface area (Å²) in [5.41, 5.74) is 0.898. The van der Waals surface area contributed by atoms with Crippen LogP contribution in [0.3, 0.4) is 0 Å². The summed E-state index contributed by atoms with van der Waals surface area (Å²) in [7, 11) is 1.56. The fourth-order valence-electron chi connectivity index (χ4n) is 2.46. The number of hydrogen-bond donors (Lipinski definition) is 1. The second-order valence-electron chi connectivity index (χ2n) is 5.61. The first-order valence-electron chi connectivity index (χ1n) is 8.16. The number of nitrogens with one attached hydrogen (secondary N) is 1. The zero-order valence-corrected chi connectivity index (χ0v) is 15.4. The van der Waals surface area contributed by atoms with Gasteiger partial charge in [0.1, 0.15) is 5.70 Å². The summed E-state index contributed by atoms with van der Waals surface area (Å²) >= 11 is 5.01. The van der Waals surface area contributed by atoms with E-state index in [1.807, 2.05) is 0 Å². The smallest absolute Gasteiger partial charge is 0.274 e. The lowest BCUT2D eigenvalue weighted by molar-refractivity contribution is -0.125. The molecule has 2 rings (SSSR count). The van der Waals surface area contributed by atoms with Gasteiger partial charge in [-0.15, -0.1) is 0 Å². The van der Waals surface area contributed by atoms with Gasteiger partial charge >= 0.3 is 0 Å². The highest BCUT2D eigenvalue weighted by Crippen LogP contribution is 2.30. The van der Waals surface area contributed by atoms with Crippen LogP contribution in [-0.4, -0.2) is 35.5 Å². The van der Waals surface area contributed by atoms with Crippen LogP contribution < -0.4 is 14.8 Å². The van der Waals surface area contributed by atoms with Gasteiger partial charge in [0.15, 0.2) is 16.6 Å². The Balaban J connectivity index is 2.23. The first-order chi connectivity index (χ1) is 12.0. The van der Waals surface area contributed by atoms with Crippen LogP contribution >= 0.6 is 12.2 Å². The Morgan fingerprint density at radius 2 is 2.08 bits per heavy atom. The number of benzene rings is 1. The average Bonchev–Trinajstić information content (AvgIpc) is 2.86. The lowest BCUT2D eigenvalue weighted by Gasteiger charge is -2.13. The van der Waals surface area contributed by atoms with Crippen molar-refractivity contribution in [1.29, 1.82) is 0 Å². The summed E-state index contributed by atoms with van der Waals surface area (Å²) in [5.74, 6) is 0.494. The maximum atomic E-state index is 12.0. The van der Waals surface area contributed by atoms with E-state index in [2.05, 4.69) is 12.2 Å². The van der Waals surface area contributed by atoms with Crippen LogP contribution in [0.4, 0.5) is 0 Å². The first-order valence-corrected chi connectivity index (χ1v) is 8.57. The number of carbonyl (C=O) groups excluding carboxylic acids is 2. The molecule has 7 heteroatoms. The molecular formula is C18H22N2O4S. The van der Waals surface area contributed by atoms with Crippen LogP contribution in [0.1, 0.15) is 38.7 Å². The van der Waals surface area contributed by atoms with E-state index in [-0.39, 0.29) is 16.7 Å². The van der Waals surface area contributed by atoms with Crippen molar-refractivity contribution < 1.29 is 19.1 Å². The van der Waals surface area contributed by atoms with Gasteiger partial charge in [0, 0.05) is 6.92 Å². The molecule has 1 aliphatic rings. The predicted octanol–water partition coefficient (Wildman–Crippen LogP) is 2.87. The van der Waals surface area contributed by atoms with Crippen LogP contribution in [0.15, 0.2) is 23.9 Å². The Morgan fingerprint density at radius 1 is 1.32 bits per heavy atom. The topological polar surface area (TPSA) is 67.9 Å². The van der Waals surface area contributed by atoms with Crippen molar-refractivity contribution in [3.63, 3.8) is 0 Å². The normalized spacial score (nSPS) is 15.5. The van der Waals surface area contributed by atoms with Crippen molar-refractivity contribution in [2.45, 2.75) is 33.1 Å². The third kappa shape index (κ3) is 4.57. The molecule has 1 aromatic carbocycles. The molecule has 6 nitrogen and oxygen atoms in total. The predicted molar refractivity (Wildman–Crippen MR) is 99.3 cm³/mol. The van der Waals surface area contributed by atoms with Crippen LogP contribution in [-0.2, 0) is 9.59 Å². The molecule has 1 N–H and O–H groups in total. The van der Waals surface area contributed by atoms with Crippen molar-refractivity contribution in [3.8, 4) is 11.5 Å². The number of ether oxygens (including phenoxy) is 2. The molecule has 1 heterocycles. The Hall–Kier alpha value is -2.41. The highest BCUT2D eigenvalue weighted by molar-refractivity contribution is 7.80. The molecule has 0 aromatic heterocycles. The lowest BCUT2D eigenvalue weighted by atomic mass is 10.1. The van der Waals surface area contributed by atoms with Gasteiger partial charge < -0.3 is 9.47 Å². The third-order valence-corrected chi connectivity index (χ3v) is 3.99. The van der Waals surface area contributed by atoms with Crippen LogP contribution in [0.25, 0.3) is 6.08 Å². The van der Waals surface area contributed by atoms with E-state index in [0.717, 1.165) is 19.3 Å². The van der Waals surface area contributed by atoms with Gasteiger partial charge in [-0.25, -0.2) is 0 Å². The summed E-state index contributed by atoms with van der Waals surface area (Å²) < 4.78 is 11.1. The minimum Gasteiger partial charge on any atom is -0.493 e. The molecule has 0 atom stereocenters. The number of hydrogen-bond acceptors (Lipinski definition) is 5. The first kappa shape index (κ1) is 18.9. The second kappa shape index (κ2) is 8.62. The molecule has 2 amide bonds. The monoisotopic (exact) mass is 362 g/mol. The molecular weight excluding hydrogens is 340 g/mol. The largest absolute Gasteiger partial charge is 0.493 e. The summed E-state index contributed by atoms with van der Waals surface area (Å²) in [6, 6.07) is 5.35. The van der Waals surface area contributed by atoms with Crippen molar-refractivity contribution in [3.05, 3.63) is 29.5 Å². The number of nitrogens with zero attached hydrogens (tertiary/aromatic N) is 1. The standard InChI is InChI=1S/C18H22N2O4S/c1-4-5-6-9-24-15-8-7-13(11-16(15)23-3)10-14-17(22)19-18(25)20(14)12(2)21/h7-8,10-11H,4-6,9H2,1-3H3,(H,19,22,25)/b14-10+. The molecule has 1 aliphatic heterocycles. The molecule has 0 spiro atoms.